The van der Waals surface area contributed by atoms with E-state index in [0.29, 0.717) is 0 Å². The fourth-order valence-corrected chi connectivity index (χ4v) is 5.81. The summed E-state index contributed by atoms with van der Waals surface area (Å²) in [6.07, 6.45) is 10.7. The third-order valence-corrected chi connectivity index (χ3v) is 6.77. The second-order valence-electron chi connectivity index (χ2n) is 8.30. The van der Waals surface area contributed by atoms with Crippen LogP contribution >= 0.6 is 0 Å². The monoisotopic (exact) mass is 247 g/mol. The Morgan fingerprint density at radius 1 is 0.778 bits per heavy atom. The van der Waals surface area contributed by atoms with Crippen molar-refractivity contribution in [2.75, 3.05) is 0 Å². The highest BCUT2D eigenvalue weighted by Crippen LogP contribution is 2.54. The highest BCUT2D eigenvalue weighted by Gasteiger charge is 2.49. The van der Waals surface area contributed by atoms with Gasteiger partial charge < -0.3 is 5.32 Å². The molecule has 0 aromatic carbocycles. The molecular weight excluding hydrogens is 218 g/mol. The number of hydrogen-bond donors (Lipinski definition) is 1. The molecule has 0 saturated heterocycles. The minimum Gasteiger partial charge on any atom is -0.311 e. The lowest BCUT2D eigenvalue weighted by molar-refractivity contribution is -0.0261. The predicted molar refractivity (Wildman–Crippen MR) is 75.3 cm³/mol. The summed E-state index contributed by atoms with van der Waals surface area (Å²) in [6, 6.07) is 1.79. The fraction of sp³-hybridized carbons (Fsp3) is 1.00. The van der Waals surface area contributed by atoms with Crippen molar-refractivity contribution in [3.8, 4) is 0 Å². The Morgan fingerprint density at radius 3 is 1.83 bits per heavy atom. The van der Waals surface area contributed by atoms with Crippen molar-refractivity contribution >= 4 is 0 Å². The maximum absolute atomic E-state index is 4.08. The molecule has 5 rings (SSSR count). The molecule has 0 aromatic rings. The van der Waals surface area contributed by atoms with Gasteiger partial charge >= 0.3 is 0 Å². The minimum absolute atomic E-state index is 0.875. The van der Waals surface area contributed by atoms with Crippen molar-refractivity contribution in [3.05, 3.63) is 0 Å². The van der Waals surface area contributed by atoms with E-state index in [1.54, 1.807) is 32.1 Å². The standard InChI is InChI=1S/C17H29N/c1-10(2)13-8-16(9-13)18-17-14-4-11-3-12(6-14)7-15(17)5-11/h10-18H,3-9H2,1-2H3. The molecule has 1 N–H and O–H groups in total. The van der Waals surface area contributed by atoms with E-state index in [-0.39, 0.29) is 0 Å². The van der Waals surface area contributed by atoms with Gasteiger partial charge in [0.05, 0.1) is 0 Å². The van der Waals surface area contributed by atoms with Crippen LogP contribution in [-0.4, -0.2) is 12.1 Å². The molecule has 5 fully saturated rings. The zero-order valence-corrected chi connectivity index (χ0v) is 12.1. The smallest absolute Gasteiger partial charge is 0.0127 e. The molecule has 0 aliphatic heterocycles. The first-order chi connectivity index (χ1) is 8.69. The fourth-order valence-electron chi connectivity index (χ4n) is 5.81. The largest absolute Gasteiger partial charge is 0.311 e. The summed E-state index contributed by atoms with van der Waals surface area (Å²) in [6.45, 7) is 4.79. The minimum atomic E-state index is 0.875. The number of hydrogen-bond acceptors (Lipinski definition) is 1. The van der Waals surface area contributed by atoms with Gasteiger partial charge in [-0.2, -0.15) is 0 Å². The van der Waals surface area contributed by atoms with Crippen LogP contribution in [0, 0.1) is 35.5 Å². The van der Waals surface area contributed by atoms with Gasteiger partial charge in [-0.1, -0.05) is 13.8 Å². The average Bonchev–Trinajstić information content (AvgIpc) is 2.23. The molecule has 0 spiro atoms. The van der Waals surface area contributed by atoms with E-state index in [1.807, 2.05) is 0 Å². The third kappa shape index (κ3) is 1.85. The summed E-state index contributed by atoms with van der Waals surface area (Å²) < 4.78 is 0. The van der Waals surface area contributed by atoms with E-state index < -0.39 is 0 Å². The van der Waals surface area contributed by atoms with E-state index >= 15 is 0 Å². The number of rotatable bonds is 3. The second-order valence-corrected chi connectivity index (χ2v) is 8.30. The summed E-state index contributed by atoms with van der Waals surface area (Å²) in [5.41, 5.74) is 0. The Bertz CT molecular complexity index is 288. The molecule has 0 amide bonds. The topological polar surface area (TPSA) is 12.0 Å². The van der Waals surface area contributed by atoms with E-state index in [1.165, 1.54) is 12.8 Å². The van der Waals surface area contributed by atoms with Gasteiger partial charge in [-0.3, -0.25) is 0 Å². The van der Waals surface area contributed by atoms with Gasteiger partial charge in [0, 0.05) is 12.1 Å². The summed E-state index contributed by atoms with van der Waals surface area (Å²) in [4.78, 5) is 0. The molecule has 5 saturated carbocycles. The van der Waals surface area contributed by atoms with Crippen LogP contribution < -0.4 is 5.32 Å². The van der Waals surface area contributed by atoms with Crippen molar-refractivity contribution < 1.29 is 0 Å². The normalized spacial score (nSPS) is 53.8. The van der Waals surface area contributed by atoms with E-state index in [2.05, 4.69) is 19.2 Å². The van der Waals surface area contributed by atoms with Crippen molar-refractivity contribution in [2.24, 2.45) is 35.5 Å². The van der Waals surface area contributed by atoms with Gasteiger partial charge in [0.1, 0.15) is 0 Å². The Morgan fingerprint density at radius 2 is 1.33 bits per heavy atom. The van der Waals surface area contributed by atoms with Crippen LogP contribution in [0.5, 0.6) is 0 Å². The van der Waals surface area contributed by atoms with Crippen LogP contribution in [0.1, 0.15) is 58.8 Å². The van der Waals surface area contributed by atoms with Crippen LogP contribution in [0.4, 0.5) is 0 Å². The van der Waals surface area contributed by atoms with E-state index in [0.717, 1.165) is 47.6 Å². The van der Waals surface area contributed by atoms with E-state index in [9.17, 15) is 0 Å². The molecule has 4 bridgehead atoms. The molecule has 0 radical (unpaired) electrons. The van der Waals surface area contributed by atoms with Crippen molar-refractivity contribution in [1.29, 1.82) is 0 Å². The Kier molecular flexibility index (Phi) is 2.76. The van der Waals surface area contributed by atoms with Gasteiger partial charge in [-0.05, 0) is 80.5 Å². The molecule has 18 heavy (non-hydrogen) atoms. The second kappa shape index (κ2) is 4.23. The Labute approximate surface area is 112 Å². The molecule has 1 nitrogen and oxygen atoms in total. The van der Waals surface area contributed by atoms with Crippen molar-refractivity contribution in [2.45, 2.75) is 70.9 Å². The average molecular weight is 247 g/mol. The molecule has 0 atom stereocenters. The Balaban J connectivity index is 1.36. The van der Waals surface area contributed by atoms with Crippen LogP contribution in [0.2, 0.25) is 0 Å². The molecule has 102 valence electrons. The van der Waals surface area contributed by atoms with Crippen LogP contribution in [0.3, 0.4) is 0 Å². The molecule has 0 aromatic heterocycles. The van der Waals surface area contributed by atoms with Gasteiger partial charge in [-0.15, -0.1) is 0 Å². The van der Waals surface area contributed by atoms with Crippen molar-refractivity contribution in [1.82, 2.24) is 5.32 Å². The maximum atomic E-state index is 4.08. The summed E-state index contributed by atoms with van der Waals surface area (Å²) in [5.74, 6) is 6.27. The first-order valence-corrected chi connectivity index (χ1v) is 8.45. The molecule has 5 aliphatic carbocycles. The van der Waals surface area contributed by atoms with Crippen LogP contribution in [-0.2, 0) is 0 Å². The van der Waals surface area contributed by atoms with Gasteiger partial charge in [0.25, 0.3) is 0 Å². The molecular formula is C17H29N. The lowest BCUT2D eigenvalue weighted by atomic mass is 9.54. The molecule has 1 heteroatoms. The lowest BCUT2D eigenvalue weighted by Gasteiger charge is -2.56. The first-order valence-electron chi connectivity index (χ1n) is 8.45. The van der Waals surface area contributed by atoms with Gasteiger partial charge in [-0.25, -0.2) is 0 Å². The maximum Gasteiger partial charge on any atom is 0.0127 e. The van der Waals surface area contributed by atoms with Crippen LogP contribution in [0.15, 0.2) is 0 Å². The summed E-state index contributed by atoms with van der Waals surface area (Å²) in [5, 5.41) is 4.08. The third-order valence-electron chi connectivity index (χ3n) is 6.77. The lowest BCUT2D eigenvalue weighted by Crippen LogP contribution is -2.59. The molecule has 0 heterocycles. The van der Waals surface area contributed by atoms with Crippen LogP contribution in [0.25, 0.3) is 0 Å². The summed E-state index contributed by atoms with van der Waals surface area (Å²) in [7, 11) is 0. The quantitative estimate of drug-likeness (QED) is 0.799. The van der Waals surface area contributed by atoms with Crippen molar-refractivity contribution in [3.63, 3.8) is 0 Å². The zero-order chi connectivity index (χ0) is 12.3. The van der Waals surface area contributed by atoms with E-state index in [4.69, 9.17) is 0 Å². The highest BCUT2D eigenvalue weighted by molar-refractivity contribution is 5.03. The van der Waals surface area contributed by atoms with Gasteiger partial charge in [0.2, 0.25) is 0 Å². The first kappa shape index (κ1) is 11.8. The SMILES string of the molecule is CC(C)C1CC(NC2C3CC4CC(C3)CC2C4)C1. The number of nitrogens with one attached hydrogen (secondary N) is 1. The zero-order valence-electron chi connectivity index (χ0n) is 12.1. The van der Waals surface area contributed by atoms with Gasteiger partial charge in [0.15, 0.2) is 0 Å². The highest BCUT2D eigenvalue weighted by atomic mass is 15.0. The predicted octanol–water partition coefficient (Wildman–Crippen LogP) is 3.84. The summed E-state index contributed by atoms with van der Waals surface area (Å²) >= 11 is 0. The Hall–Kier alpha value is -0.0400. The molecule has 5 aliphatic rings. The molecule has 0 unspecified atom stereocenters.